The molecule has 0 unspecified atom stereocenters. The lowest BCUT2D eigenvalue weighted by molar-refractivity contribution is 0.215. The SMILES string of the molecule is CON=Cc1c(N)ncnc1Oc1ccc(N)cc1. The summed E-state index contributed by atoms with van der Waals surface area (Å²) in [5.41, 5.74) is 12.4. The second kappa shape index (κ2) is 5.67. The molecule has 0 aliphatic rings. The van der Waals surface area contributed by atoms with Gasteiger partial charge in [-0.1, -0.05) is 5.16 Å². The minimum absolute atomic E-state index is 0.251. The maximum Gasteiger partial charge on any atom is 0.233 e. The van der Waals surface area contributed by atoms with Crippen LogP contribution in [-0.2, 0) is 4.84 Å². The van der Waals surface area contributed by atoms with Gasteiger partial charge in [0.25, 0.3) is 0 Å². The number of ether oxygens (including phenoxy) is 1. The van der Waals surface area contributed by atoms with Crippen LogP contribution in [0.5, 0.6) is 11.6 Å². The number of nitrogen functional groups attached to an aromatic ring is 2. The molecule has 1 aromatic carbocycles. The third-order valence-corrected chi connectivity index (χ3v) is 2.26. The molecule has 7 nitrogen and oxygen atoms in total. The van der Waals surface area contributed by atoms with Crippen molar-refractivity contribution < 1.29 is 9.57 Å². The van der Waals surface area contributed by atoms with Gasteiger partial charge in [0, 0.05) is 5.69 Å². The summed E-state index contributed by atoms with van der Waals surface area (Å²) in [7, 11) is 1.43. The largest absolute Gasteiger partial charge is 0.438 e. The molecule has 0 saturated carbocycles. The molecule has 0 saturated heterocycles. The van der Waals surface area contributed by atoms with E-state index >= 15 is 0 Å². The number of hydrogen-bond donors (Lipinski definition) is 2. The van der Waals surface area contributed by atoms with Crippen molar-refractivity contribution in [3.05, 3.63) is 36.2 Å². The monoisotopic (exact) mass is 259 g/mol. The van der Waals surface area contributed by atoms with Crippen LogP contribution in [0.4, 0.5) is 11.5 Å². The topological polar surface area (TPSA) is 109 Å². The number of aromatic nitrogens is 2. The fourth-order valence-corrected chi connectivity index (χ4v) is 1.35. The van der Waals surface area contributed by atoms with Gasteiger partial charge in [-0.15, -0.1) is 0 Å². The molecule has 0 aliphatic heterocycles. The van der Waals surface area contributed by atoms with Crippen LogP contribution in [0.15, 0.2) is 35.7 Å². The van der Waals surface area contributed by atoms with E-state index < -0.39 is 0 Å². The zero-order chi connectivity index (χ0) is 13.7. The first-order valence-corrected chi connectivity index (χ1v) is 5.41. The number of nitrogens with two attached hydrogens (primary N) is 2. The van der Waals surface area contributed by atoms with Crippen LogP contribution in [0.3, 0.4) is 0 Å². The van der Waals surface area contributed by atoms with Crippen molar-refractivity contribution in [2.45, 2.75) is 0 Å². The fourth-order valence-electron chi connectivity index (χ4n) is 1.35. The Morgan fingerprint density at radius 2 is 1.89 bits per heavy atom. The summed E-state index contributed by atoms with van der Waals surface area (Å²) in [6.45, 7) is 0. The van der Waals surface area contributed by atoms with Crippen LogP contribution in [0.2, 0.25) is 0 Å². The van der Waals surface area contributed by atoms with Crippen molar-refractivity contribution in [1.82, 2.24) is 9.97 Å². The summed E-state index contributed by atoms with van der Waals surface area (Å²) in [4.78, 5) is 12.5. The van der Waals surface area contributed by atoms with Crippen molar-refractivity contribution in [1.29, 1.82) is 0 Å². The Morgan fingerprint density at radius 1 is 1.16 bits per heavy atom. The lowest BCUT2D eigenvalue weighted by Crippen LogP contribution is -2.02. The van der Waals surface area contributed by atoms with E-state index in [9.17, 15) is 0 Å². The maximum absolute atomic E-state index is 5.74. The Hall–Kier alpha value is -2.83. The average molecular weight is 259 g/mol. The lowest BCUT2D eigenvalue weighted by Gasteiger charge is -2.08. The summed E-state index contributed by atoms with van der Waals surface area (Å²) in [6, 6.07) is 6.90. The van der Waals surface area contributed by atoms with E-state index in [1.165, 1.54) is 19.7 Å². The first-order chi connectivity index (χ1) is 9.20. The zero-order valence-corrected chi connectivity index (χ0v) is 10.3. The van der Waals surface area contributed by atoms with E-state index in [1.54, 1.807) is 24.3 Å². The summed E-state index contributed by atoms with van der Waals surface area (Å²) in [6.07, 6.45) is 2.70. The van der Waals surface area contributed by atoms with Crippen LogP contribution >= 0.6 is 0 Å². The molecule has 0 radical (unpaired) electrons. The van der Waals surface area contributed by atoms with Gasteiger partial charge in [-0.3, -0.25) is 0 Å². The highest BCUT2D eigenvalue weighted by molar-refractivity contribution is 5.88. The Bertz CT molecular complexity index is 583. The van der Waals surface area contributed by atoms with Crippen LogP contribution in [-0.4, -0.2) is 23.3 Å². The summed E-state index contributed by atoms with van der Waals surface area (Å²) in [5.74, 6) is 1.12. The molecule has 0 spiro atoms. The predicted molar refractivity (Wildman–Crippen MR) is 72.0 cm³/mol. The highest BCUT2D eigenvalue weighted by atomic mass is 16.6. The van der Waals surface area contributed by atoms with E-state index in [4.69, 9.17) is 16.2 Å². The smallest absolute Gasteiger partial charge is 0.233 e. The first-order valence-electron chi connectivity index (χ1n) is 5.41. The molecule has 4 N–H and O–H groups in total. The predicted octanol–water partition coefficient (Wildman–Crippen LogP) is 1.41. The number of anilines is 2. The number of hydrogen-bond acceptors (Lipinski definition) is 7. The van der Waals surface area contributed by atoms with Crippen molar-refractivity contribution in [3.8, 4) is 11.6 Å². The highest BCUT2D eigenvalue weighted by Gasteiger charge is 2.09. The molecule has 0 atom stereocenters. The molecule has 2 aromatic rings. The normalized spacial score (nSPS) is 10.6. The van der Waals surface area contributed by atoms with Crippen LogP contribution in [0, 0.1) is 0 Å². The lowest BCUT2D eigenvalue weighted by atomic mass is 10.3. The van der Waals surface area contributed by atoms with Crippen molar-refractivity contribution in [3.63, 3.8) is 0 Å². The number of benzene rings is 1. The standard InChI is InChI=1S/C12H13N5O2/c1-18-17-6-10-11(14)15-7-16-12(10)19-9-4-2-8(13)3-5-9/h2-7H,13H2,1H3,(H2,14,15,16). The van der Waals surface area contributed by atoms with Gasteiger partial charge in [0.2, 0.25) is 5.88 Å². The zero-order valence-electron chi connectivity index (χ0n) is 10.3. The molecular weight excluding hydrogens is 246 g/mol. The summed E-state index contributed by atoms with van der Waals surface area (Å²) >= 11 is 0. The Balaban J connectivity index is 2.31. The molecule has 1 aromatic heterocycles. The third kappa shape index (κ3) is 3.09. The number of oxime groups is 1. The number of nitrogens with zero attached hydrogens (tertiary/aromatic N) is 3. The minimum Gasteiger partial charge on any atom is -0.438 e. The molecule has 0 fully saturated rings. The molecule has 0 amide bonds. The van der Waals surface area contributed by atoms with Crippen LogP contribution in [0.25, 0.3) is 0 Å². The van der Waals surface area contributed by atoms with Crippen molar-refractivity contribution in [2.24, 2.45) is 5.16 Å². The highest BCUT2D eigenvalue weighted by Crippen LogP contribution is 2.24. The fraction of sp³-hybridized carbons (Fsp3) is 0.0833. The molecule has 98 valence electrons. The second-order valence-electron chi connectivity index (χ2n) is 3.57. The summed E-state index contributed by atoms with van der Waals surface area (Å²) in [5, 5.41) is 3.63. The van der Waals surface area contributed by atoms with Gasteiger partial charge in [-0.25, -0.2) is 9.97 Å². The van der Waals surface area contributed by atoms with Crippen LogP contribution < -0.4 is 16.2 Å². The molecule has 0 aliphatic carbocycles. The van der Waals surface area contributed by atoms with Gasteiger partial charge in [0.05, 0.1) is 6.21 Å². The van der Waals surface area contributed by atoms with Gasteiger partial charge in [0.1, 0.15) is 30.6 Å². The molecule has 7 heteroatoms. The minimum atomic E-state index is 0.251. The van der Waals surface area contributed by atoms with Gasteiger partial charge < -0.3 is 21.0 Å². The summed E-state index contributed by atoms with van der Waals surface area (Å²) < 4.78 is 5.61. The molecule has 2 rings (SSSR count). The Kier molecular flexibility index (Phi) is 3.77. The van der Waals surface area contributed by atoms with Crippen molar-refractivity contribution in [2.75, 3.05) is 18.6 Å². The van der Waals surface area contributed by atoms with Gasteiger partial charge in [0.15, 0.2) is 0 Å². The van der Waals surface area contributed by atoms with E-state index in [1.807, 2.05) is 0 Å². The second-order valence-corrected chi connectivity index (χ2v) is 3.57. The van der Waals surface area contributed by atoms with Gasteiger partial charge in [-0.05, 0) is 24.3 Å². The average Bonchev–Trinajstić information content (AvgIpc) is 2.41. The Labute approximate surface area is 109 Å². The van der Waals surface area contributed by atoms with Crippen molar-refractivity contribution >= 4 is 17.7 Å². The van der Waals surface area contributed by atoms with Gasteiger partial charge >= 0.3 is 0 Å². The molecular formula is C12H13N5O2. The van der Waals surface area contributed by atoms with E-state index in [2.05, 4.69) is 20.0 Å². The van der Waals surface area contributed by atoms with Gasteiger partial charge in [-0.2, -0.15) is 0 Å². The maximum atomic E-state index is 5.74. The quantitative estimate of drug-likeness (QED) is 0.488. The third-order valence-electron chi connectivity index (χ3n) is 2.26. The number of rotatable bonds is 4. The Morgan fingerprint density at radius 3 is 2.58 bits per heavy atom. The molecule has 19 heavy (non-hydrogen) atoms. The van der Waals surface area contributed by atoms with E-state index in [0.29, 0.717) is 17.0 Å². The molecule has 1 heterocycles. The first kappa shape index (κ1) is 12.6. The van der Waals surface area contributed by atoms with E-state index in [0.717, 1.165) is 0 Å². The van der Waals surface area contributed by atoms with Crippen LogP contribution in [0.1, 0.15) is 5.56 Å². The van der Waals surface area contributed by atoms with E-state index in [-0.39, 0.29) is 11.7 Å². The molecule has 0 bridgehead atoms.